The van der Waals surface area contributed by atoms with Crippen molar-refractivity contribution in [1.82, 2.24) is 4.31 Å². The van der Waals surface area contributed by atoms with Crippen LogP contribution in [0.3, 0.4) is 0 Å². The largest absolute Gasteiger partial charge is 0.272 e. The Morgan fingerprint density at radius 3 is 2.62 bits per heavy atom. The molecule has 0 atom stereocenters. The van der Waals surface area contributed by atoms with Crippen LogP contribution in [0.2, 0.25) is 0 Å². The van der Waals surface area contributed by atoms with E-state index in [1.54, 1.807) is 24.3 Å². The van der Waals surface area contributed by atoms with Gasteiger partial charge in [-0.3, -0.25) is 10.1 Å². The molecular weight excluding hydrogens is 354 g/mol. The van der Waals surface area contributed by atoms with E-state index in [4.69, 9.17) is 5.26 Å². The fourth-order valence-electron chi connectivity index (χ4n) is 2.48. The Balaban J connectivity index is 2.41. The predicted octanol–water partition coefficient (Wildman–Crippen LogP) is 3.15. The molecule has 0 saturated heterocycles. The van der Waals surface area contributed by atoms with E-state index >= 15 is 0 Å². The highest BCUT2D eigenvalue weighted by molar-refractivity contribution is 7.89. The van der Waals surface area contributed by atoms with Gasteiger partial charge in [0.05, 0.1) is 21.5 Å². The van der Waals surface area contributed by atoms with Gasteiger partial charge in [-0.15, -0.1) is 6.58 Å². The van der Waals surface area contributed by atoms with Gasteiger partial charge in [0.15, 0.2) is 0 Å². The molecule has 0 saturated carbocycles. The summed E-state index contributed by atoms with van der Waals surface area (Å²) in [5.74, 6) is 0. The number of rotatable bonds is 7. The molecule has 134 valence electrons. The molecular formula is C18H17N3O4S. The maximum atomic E-state index is 13.0. The van der Waals surface area contributed by atoms with Crippen molar-refractivity contribution in [3.63, 3.8) is 0 Å². The fourth-order valence-corrected chi connectivity index (χ4v) is 3.96. The third-order valence-corrected chi connectivity index (χ3v) is 5.56. The normalized spacial score (nSPS) is 11.1. The molecule has 0 aromatic heterocycles. The summed E-state index contributed by atoms with van der Waals surface area (Å²) in [5.41, 5.74) is 1.22. The van der Waals surface area contributed by atoms with Gasteiger partial charge in [0.2, 0.25) is 10.0 Å². The van der Waals surface area contributed by atoms with Gasteiger partial charge in [0, 0.05) is 24.7 Å². The van der Waals surface area contributed by atoms with E-state index in [0.29, 0.717) is 11.1 Å². The van der Waals surface area contributed by atoms with E-state index in [2.05, 4.69) is 6.58 Å². The fraction of sp³-hybridized carbons (Fsp3) is 0.167. The molecule has 0 fully saturated rings. The number of sulfonamides is 1. The Bertz CT molecular complexity index is 994. The van der Waals surface area contributed by atoms with Crippen molar-refractivity contribution in [2.45, 2.75) is 18.4 Å². The highest BCUT2D eigenvalue weighted by Gasteiger charge is 2.25. The minimum Gasteiger partial charge on any atom is -0.258 e. The summed E-state index contributed by atoms with van der Waals surface area (Å²) in [6, 6.07) is 12.4. The van der Waals surface area contributed by atoms with Gasteiger partial charge in [-0.1, -0.05) is 18.2 Å². The second-order valence-corrected chi connectivity index (χ2v) is 7.54. The zero-order chi connectivity index (χ0) is 19.3. The van der Waals surface area contributed by atoms with Crippen LogP contribution in [0.1, 0.15) is 16.7 Å². The topological polar surface area (TPSA) is 104 Å². The average molecular weight is 371 g/mol. The van der Waals surface area contributed by atoms with Crippen LogP contribution in [0.15, 0.2) is 60.0 Å². The van der Waals surface area contributed by atoms with Crippen LogP contribution in [0.4, 0.5) is 5.69 Å². The highest BCUT2D eigenvalue weighted by Crippen LogP contribution is 2.25. The zero-order valence-corrected chi connectivity index (χ0v) is 14.9. The Kier molecular flexibility index (Phi) is 5.87. The number of hydrogen-bond acceptors (Lipinski definition) is 5. The third-order valence-electron chi connectivity index (χ3n) is 3.75. The number of nitro benzene ring substituents is 1. The molecule has 8 heteroatoms. The first kappa shape index (κ1) is 19.3. The van der Waals surface area contributed by atoms with Crippen LogP contribution in [0, 0.1) is 28.4 Å². The lowest BCUT2D eigenvalue weighted by Crippen LogP contribution is -2.31. The van der Waals surface area contributed by atoms with E-state index in [9.17, 15) is 18.5 Å². The highest BCUT2D eigenvalue weighted by atomic mass is 32.2. The Labute approximate surface area is 152 Å². The minimum atomic E-state index is -3.89. The summed E-state index contributed by atoms with van der Waals surface area (Å²) in [6.07, 6.45) is 1.46. The van der Waals surface area contributed by atoms with Crippen molar-refractivity contribution < 1.29 is 13.3 Å². The molecule has 2 aromatic rings. The van der Waals surface area contributed by atoms with E-state index in [1.807, 2.05) is 6.07 Å². The van der Waals surface area contributed by atoms with Crippen molar-refractivity contribution in [3.05, 3.63) is 81.9 Å². The molecule has 0 aliphatic carbocycles. The van der Waals surface area contributed by atoms with E-state index in [-0.39, 0.29) is 29.2 Å². The first-order valence-electron chi connectivity index (χ1n) is 7.64. The van der Waals surface area contributed by atoms with Crippen molar-refractivity contribution >= 4 is 15.7 Å². The number of aryl methyl sites for hydroxylation is 1. The van der Waals surface area contributed by atoms with Crippen LogP contribution < -0.4 is 0 Å². The summed E-state index contributed by atoms with van der Waals surface area (Å²) in [4.78, 5) is 10.3. The average Bonchev–Trinajstić information content (AvgIpc) is 2.61. The molecule has 0 heterocycles. The van der Waals surface area contributed by atoms with Crippen molar-refractivity contribution in [1.29, 1.82) is 5.26 Å². The minimum absolute atomic E-state index is 0.0288. The molecule has 0 aliphatic rings. The second-order valence-electron chi connectivity index (χ2n) is 5.60. The Morgan fingerprint density at radius 1 is 1.31 bits per heavy atom. The Morgan fingerprint density at radius 2 is 2.04 bits per heavy atom. The van der Waals surface area contributed by atoms with Crippen molar-refractivity contribution in [2.75, 3.05) is 6.54 Å². The molecule has 0 bridgehead atoms. The number of nitro groups is 1. The zero-order valence-electron chi connectivity index (χ0n) is 14.1. The summed E-state index contributed by atoms with van der Waals surface area (Å²) in [6.45, 7) is 5.20. The molecule has 0 unspecified atom stereocenters. The predicted molar refractivity (Wildman–Crippen MR) is 96.8 cm³/mol. The molecule has 0 spiro atoms. The number of nitriles is 1. The molecule has 0 amide bonds. The molecule has 2 rings (SSSR count). The second kappa shape index (κ2) is 7.91. The first-order chi connectivity index (χ1) is 12.3. The van der Waals surface area contributed by atoms with Crippen LogP contribution in [-0.4, -0.2) is 24.2 Å². The first-order valence-corrected chi connectivity index (χ1v) is 9.08. The van der Waals surface area contributed by atoms with Gasteiger partial charge >= 0.3 is 0 Å². The van der Waals surface area contributed by atoms with E-state index < -0.39 is 14.9 Å². The van der Waals surface area contributed by atoms with Gasteiger partial charge in [-0.25, -0.2) is 8.42 Å². The number of benzene rings is 2. The van der Waals surface area contributed by atoms with Gasteiger partial charge in [-0.05, 0) is 36.8 Å². The lowest BCUT2D eigenvalue weighted by atomic mass is 10.1. The lowest BCUT2D eigenvalue weighted by molar-refractivity contribution is -0.385. The van der Waals surface area contributed by atoms with Crippen molar-refractivity contribution in [2.24, 2.45) is 0 Å². The molecule has 26 heavy (non-hydrogen) atoms. The summed E-state index contributed by atoms with van der Waals surface area (Å²) in [7, 11) is -3.89. The molecule has 7 nitrogen and oxygen atoms in total. The van der Waals surface area contributed by atoms with Crippen LogP contribution in [-0.2, 0) is 16.6 Å². The molecule has 0 radical (unpaired) electrons. The van der Waals surface area contributed by atoms with Gasteiger partial charge in [0.25, 0.3) is 5.69 Å². The summed E-state index contributed by atoms with van der Waals surface area (Å²) >= 11 is 0. The van der Waals surface area contributed by atoms with Crippen molar-refractivity contribution in [3.8, 4) is 6.07 Å². The van der Waals surface area contributed by atoms with E-state index in [0.717, 1.165) is 0 Å². The summed E-state index contributed by atoms with van der Waals surface area (Å²) < 4.78 is 27.1. The third kappa shape index (κ3) is 4.14. The van der Waals surface area contributed by atoms with Gasteiger partial charge in [-0.2, -0.15) is 9.57 Å². The molecule has 0 aliphatic heterocycles. The van der Waals surface area contributed by atoms with Crippen LogP contribution in [0.25, 0.3) is 0 Å². The molecule has 0 N–H and O–H groups in total. The molecule has 2 aromatic carbocycles. The van der Waals surface area contributed by atoms with Crippen LogP contribution in [0.5, 0.6) is 0 Å². The van der Waals surface area contributed by atoms with Gasteiger partial charge < -0.3 is 0 Å². The number of nitrogens with zero attached hydrogens (tertiary/aromatic N) is 3. The SMILES string of the molecule is C=CCN(Cc1cccc(C#N)c1)S(=O)(=O)c1ccc([N+](=O)[O-])c(C)c1. The summed E-state index contributed by atoms with van der Waals surface area (Å²) in [5, 5.41) is 19.9. The standard InChI is InChI=1S/C18H17N3O4S/c1-3-9-20(13-16-6-4-5-15(11-16)12-19)26(24,25)17-7-8-18(21(22)23)14(2)10-17/h3-8,10-11H,1,9,13H2,2H3. The smallest absolute Gasteiger partial charge is 0.258 e. The monoisotopic (exact) mass is 371 g/mol. The van der Waals surface area contributed by atoms with Gasteiger partial charge in [0.1, 0.15) is 0 Å². The number of hydrogen-bond donors (Lipinski definition) is 0. The lowest BCUT2D eigenvalue weighted by Gasteiger charge is -2.21. The Hall–Kier alpha value is -3.02. The maximum absolute atomic E-state index is 13.0. The maximum Gasteiger partial charge on any atom is 0.272 e. The quantitative estimate of drug-likeness (QED) is 0.422. The van der Waals surface area contributed by atoms with E-state index in [1.165, 1.54) is 35.5 Å². The van der Waals surface area contributed by atoms with Crippen LogP contribution >= 0.6 is 0 Å².